The number of halogens is 2. The molecule has 0 aliphatic rings. The summed E-state index contributed by atoms with van der Waals surface area (Å²) in [6.07, 6.45) is 0. The molecule has 104 valence electrons. The van der Waals surface area contributed by atoms with Gasteiger partial charge in [0.1, 0.15) is 5.02 Å². The van der Waals surface area contributed by atoms with Crippen LogP contribution in [0.5, 0.6) is 5.75 Å². The van der Waals surface area contributed by atoms with Crippen LogP contribution in [0, 0.1) is 15.9 Å². The van der Waals surface area contributed by atoms with Crippen molar-refractivity contribution >= 4 is 23.0 Å². The van der Waals surface area contributed by atoms with E-state index in [0.29, 0.717) is 11.3 Å². The average molecular weight is 297 g/mol. The number of benzene rings is 2. The van der Waals surface area contributed by atoms with E-state index in [4.69, 9.17) is 11.6 Å². The van der Waals surface area contributed by atoms with Gasteiger partial charge in [-0.05, 0) is 18.2 Å². The molecule has 0 aliphatic heterocycles. The van der Waals surface area contributed by atoms with E-state index in [9.17, 15) is 19.6 Å². The zero-order valence-corrected chi connectivity index (χ0v) is 10.9. The first-order valence-corrected chi connectivity index (χ1v) is 6.01. The standard InChI is InChI=1S/C13H10ClFN2O3/c14-10-5-4-9(6-12(10)17(19)20)16-7-8-2-1-3-11(15)13(8)18/h1-6,16,18H,7H2. The van der Waals surface area contributed by atoms with Gasteiger partial charge in [-0.1, -0.05) is 23.7 Å². The van der Waals surface area contributed by atoms with E-state index in [-0.39, 0.29) is 17.3 Å². The highest BCUT2D eigenvalue weighted by Crippen LogP contribution is 2.28. The van der Waals surface area contributed by atoms with Gasteiger partial charge in [0.25, 0.3) is 5.69 Å². The van der Waals surface area contributed by atoms with Crippen molar-refractivity contribution < 1.29 is 14.4 Å². The number of para-hydroxylation sites is 1. The quantitative estimate of drug-likeness (QED) is 0.666. The zero-order chi connectivity index (χ0) is 14.7. The summed E-state index contributed by atoms with van der Waals surface area (Å²) in [4.78, 5) is 10.2. The molecule has 5 nitrogen and oxygen atoms in total. The molecule has 0 aliphatic carbocycles. The lowest BCUT2D eigenvalue weighted by Gasteiger charge is -2.08. The fourth-order valence-electron chi connectivity index (χ4n) is 1.66. The second kappa shape index (κ2) is 5.75. The van der Waals surface area contributed by atoms with Gasteiger partial charge in [-0.3, -0.25) is 10.1 Å². The number of hydrogen-bond acceptors (Lipinski definition) is 4. The Kier molecular flexibility index (Phi) is 4.05. The maximum absolute atomic E-state index is 13.1. The third-order valence-corrected chi connectivity index (χ3v) is 3.02. The third kappa shape index (κ3) is 2.97. The van der Waals surface area contributed by atoms with Crippen LogP contribution in [0.15, 0.2) is 36.4 Å². The van der Waals surface area contributed by atoms with Crippen LogP contribution in [0.4, 0.5) is 15.8 Å². The summed E-state index contributed by atoms with van der Waals surface area (Å²) in [7, 11) is 0. The molecular formula is C13H10ClFN2O3. The van der Waals surface area contributed by atoms with Gasteiger partial charge in [-0.15, -0.1) is 0 Å². The largest absolute Gasteiger partial charge is 0.505 e. The van der Waals surface area contributed by atoms with Crippen molar-refractivity contribution in [2.24, 2.45) is 0 Å². The first kappa shape index (κ1) is 14.1. The number of nitrogens with one attached hydrogen (secondary N) is 1. The smallest absolute Gasteiger partial charge is 0.289 e. The second-order valence-corrected chi connectivity index (χ2v) is 4.43. The SMILES string of the molecule is O=[N+]([O-])c1cc(NCc2cccc(F)c2O)ccc1Cl. The Morgan fingerprint density at radius 2 is 2.10 bits per heavy atom. The summed E-state index contributed by atoms with van der Waals surface area (Å²) in [6, 6.07) is 8.40. The fourth-order valence-corrected chi connectivity index (χ4v) is 1.85. The molecule has 20 heavy (non-hydrogen) atoms. The highest BCUT2D eigenvalue weighted by Gasteiger charge is 2.13. The zero-order valence-electron chi connectivity index (χ0n) is 10.1. The van der Waals surface area contributed by atoms with E-state index in [1.54, 1.807) is 12.1 Å². The summed E-state index contributed by atoms with van der Waals surface area (Å²) in [5, 5.41) is 23.2. The first-order chi connectivity index (χ1) is 9.49. The number of anilines is 1. The van der Waals surface area contributed by atoms with Crippen LogP contribution in [0.25, 0.3) is 0 Å². The lowest BCUT2D eigenvalue weighted by molar-refractivity contribution is -0.384. The second-order valence-electron chi connectivity index (χ2n) is 4.02. The van der Waals surface area contributed by atoms with E-state index in [0.717, 1.165) is 6.07 Å². The Balaban J connectivity index is 2.17. The van der Waals surface area contributed by atoms with Crippen LogP contribution < -0.4 is 5.32 Å². The summed E-state index contributed by atoms with van der Waals surface area (Å²) in [5.74, 6) is -1.16. The first-order valence-electron chi connectivity index (χ1n) is 5.63. The lowest BCUT2D eigenvalue weighted by atomic mass is 10.2. The molecule has 0 amide bonds. The molecule has 2 rings (SSSR count). The Labute approximate surface area is 118 Å². The number of aromatic hydroxyl groups is 1. The number of nitro benzene ring substituents is 1. The van der Waals surface area contributed by atoms with Gasteiger partial charge in [0.05, 0.1) is 4.92 Å². The summed E-state index contributed by atoms with van der Waals surface area (Å²) in [5.41, 5.74) is 0.576. The van der Waals surface area contributed by atoms with E-state index < -0.39 is 16.5 Å². The molecule has 2 N–H and O–H groups in total. The topological polar surface area (TPSA) is 75.4 Å². The molecule has 0 heterocycles. The minimum absolute atomic E-state index is 0.0363. The highest BCUT2D eigenvalue weighted by molar-refractivity contribution is 6.32. The van der Waals surface area contributed by atoms with Crippen LogP contribution in [0.2, 0.25) is 5.02 Å². The molecule has 0 radical (unpaired) electrons. The van der Waals surface area contributed by atoms with Crippen molar-refractivity contribution in [3.63, 3.8) is 0 Å². The van der Waals surface area contributed by atoms with Crippen molar-refractivity contribution in [3.05, 3.63) is 62.9 Å². The van der Waals surface area contributed by atoms with E-state index in [1.807, 2.05) is 0 Å². The highest BCUT2D eigenvalue weighted by atomic mass is 35.5. The summed E-state index contributed by atoms with van der Waals surface area (Å²) < 4.78 is 13.1. The van der Waals surface area contributed by atoms with Gasteiger partial charge < -0.3 is 10.4 Å². The Morgan fingerprint density at radius 1 is 1.35 bits per heavy atom. The average Bonchev–Trinajstić information content (AvgIpc) is 2.41. The van der Waals surface area contributed by atoms with E-state index in [1.165, 1.54) is 18.2 Å². The maximum Gasteiger partial charge on any atom is 0.289 e. The monoisotopic (exact) mass is 296 g/mol. The van der Waals surface area contributed by atoms with Crippen LogP contribution in [-0.4, -0.2) is 10.0 Å². The number of nitrogens with zero attached hydrogens (tertiary/aromatic N) is 1. The number of nitro groups is 1. The van der Waals surface area contributed by atoms with Crippen molar-refractivity contribution in [2.45, 2.75) is 6.54 Å². The minimum atomic E-state index is -0.716. The van der Waals surface area contributed by atoms with E-state index in [2.05, 4.69) is 5.32 Å². The van der Waals surface area contributed by atoms with Gasteiger partial charge >= 0.3 is 0 Å². The molecular weight excluding hydrogens is 287 g/mol. The fraction of sp³-hybridized carbons (Fsp3) is 0.0769. The number of rotatable bonds is 4. The van der Waals surface area contributed by atoms with Crippen LogP contribution >= 0.6 is 11.6 Å². The minimum Gasteiger partial charge on any atom is -0.505 e. The molecule has 0 saturated carbocycles. The summed E-state index contributed by atoms with van der Waals surface area (Å²) in [6.45, 7) is 0.127. The molecule has 2 aromatic carbocycles. The molecule has 7 heteroatoms. The number of phenolic OH excluding ortho intramolecular Hbond substituents is 1. The normalized spacial score (nSPS) is 10.3. The molecule has 0 aromatic heterocycles. The van der Waals surface area contributed by atoms with Gasteiger partial charge in [0.2, 0.25) is 0 Å². The van der Waals surface area contributed by atoms with Gasteiger partial charge in [-0.2, -0.15) is 0 Å². The van der Waals surface area contributed by atoms with Crippen LogP contribution in [0.3, 0.4) is 0 Å². The van der Waals surface area contributed by atoms with Crippen LogP contribution in [0.1, 0.15) is 5.56 Å². The molecule has 0 bridgehead atoms. The third-order valence-electron chi connectivity index (χ3n) is 2.70. The van der Waals surface area contributed by atoms with Crippen molar-refractivity contribution in [2.75, 3.05) is 5.32 Å². The van der Waals surface area contributed by atoms with E-state index >= 15 is 0 Å². The predicted molar refractivity (Wildman–Crippen MR) is 73.5 cm³/mol. The van der Waals surface area contributed by atoms with Gasteiger partial charge in [-0.25, -0.2) is 4.39 Å². The lowest BCUT2D eigenvalue weighted by Crippen LogP contribution is -2.01. The molecule has 0 saturated heterocycles. The maximum atomic E-state index is 13.1. The predicted octanol–water partition coefficient (Wildman–Crippen LogP) is 3.71. The van der Waals surface area contributed by atoms with Crippen LogP contribution in [-0.2, 0) is 6.54 Å². The Hall–Kier alpha value is -2.34. The Bertz CT molecular complexity index is 664. The number of phenols is 1. The molecule has 0 atom stereocenters. The Morgan fingerprint density at radius 3 is 2.80 bits per heavy atom. The van der Waals surface area contributed by atoms with Gasteiger partial charge in [0.15, 0.2) is 11.6 Å². The number of hydrogen-bond donors (Lipinski definition) is 2. The molecule has 2 aromatic rings. The van der Waals surface area contributed by atoms with Crippen molar-refractivity contribution in [3.8, 4) is 5.75 Å². The molecule has 0 unspecified atom stereocenters. The summed E-state index contributed by atoms with van der Waals surface area (Å²) >= 11 is 5.70. The molecule has 0 spiro atoms. The van der Waals surface area contributed by atoms with Crippen molar-refractivity contribution in [1.29, 1.82) is 0 Å². The van der Waals surface area contributed by atoms with Crippen molar-refractivity contribution in [1.82, 2.24) is 0 Å². The molecule has 0 fully saturated rings. The van der Waals surface area contributed by atoms with Gasteiger partial charge in [0, 0.05) is 23.9 Å².